The molecule has 0 fully saturated rings. The summed E-state index contributed by atoms with van der Waals surface area (Å²) in [6.45, 7) is 0.984. The van der Waals surface area contributed by atoms with Crippen molar-refractivity contribution in [2.75, 3.05) is 24.2 Å². The van der Waals surface area contributed by atoms with E-state index >= 15 is 0 Å². The molecule has 2 aromatic heterocycles. The van der Waals surface area contributed by atoms with E-state index in [-0.39, 0.29) is 5.82 Å². The Morgan fingerprint density at radius 3 is 2.81 bits per heavy atom. The number of ether oxygens (including phenoxy) is 1. The fourth-order valence-electron chi connectivity index (χ4n) is 1.83. The van der Waals surface area contributed by atoms with Crippen LogP contribution in [-0.2, 0) is 0 Å². The van der Waals surface area contributed by atoms with Gasteiger partial charge in [0, 0.05) is 5.69 Å². The number of nitrogens with two attached hydrogens (primary N) is 1. The molecule has 0 aliphatic heterocycles. The molecule has 0 saturated carbocycles. The molecule has 108 valence electrons. The van der Waals surface area contributed by atoms with E-state index in [1.165, 1.54) is 16.8 Å². The highest BCUT2D eigenvalue weighted by molar-refractivity contribution is 5.43. The van der Waals surface area contributed by atoms with Crippen molar-refractivity contribution in [2.45, 2.75) is 0 Å². The van der Waals surface area contributed by atoms with Crippen LogP contribution in [0.2, 0.25) is 0 Å². The summed E-state index contributed by atoms with van der Waals surface area (Å²) in [5.74, 6) is 0.822. The van der Waals surface area contributed by atoms with Crippen LogP contribution in [0, 0.1) is 5.82 Å². The Bertz CT molecular complexity index is 741. The minimum absolute atomic E-state index is 0.356. The number of benzene rings is 1. The maximum atomic E-state index is 13.0. The fourth-order valence-corrected chi connectivity index (χ4v) is 1.83. The molecule has 3 aromatic rings. The zero-order valence-corrected chi connectivity index (χ0v) is 11.2. The van der Waals surface area contributed by atoms with Gasteiger partial charge in [-0.2, -0.15) is 4.98 Å². The zero-order valence-electron chi connectivity index (χ0n) is 11.2. The Morgan fingerprint density at radius 2 is 2.00 bits per heavy atom. The highest BCUT2D eigenvalue weighted by atomic mass is 19.1. The molecule has 0 radical (unpaired) electrons. The molecule has 1 aromatic carbocycles. The van der Waals surface area contributed by atoms with Crippen molar-refractivity contribution in [2.24, 2.45) is 0 Å². The Balaban J connectivity index is 1.53. The first-order chi connectivity index (χ1) is 10.2. The van der Waals surface area contributed by atoms with Crippen molar-refractivity contribution in [3.05, 3.63) is 48.4 Å². The third kappa shape index (κ3) is 3.19. The molecule has 3 N–H and O–H groups in total. The van der Waals surface area contributed by atoms with E-state index in [1.54, 1.807) is 30.3 Å². The maximum absolute atomic E-state index is 13.0. The topological polar surface area (TPSA) is 77.5 Å². The first-order valence-electron chi connectivity index (χ1n) is 6.45. The summed E-state index contributed by atoms with van der Waals surface area (Å²) < 4.78 is 20.0. The number of hydrogen-bond donors (Lipinski definition) is 2. The van der Waals surface area contributed by atoms with Crippen molar-refractivity contribution < 1.29 is 9.13 Å². The van der Waals surface area contributed by atoms with Gasteiger partial charge >= 0.3 is 0 Å². The zero-order chi connectivity index (χ0) is 14.7. The van der Waals surface area contributed by atoms with Crippen molar-refractivity contribution in [1.29, 1.82) is 0 Å². The van der Waals surface area contributed by atoms with Gasteiger partial charge in [-0.1, -0.05) is 0 Å². The molecular weight excluding hydrogens is 273 g/mol. The summed E-state index contributed by atoms with van der Waals surface area (Å²) in [5, 5.41) is 7.13. The second-order valence-electron chi connectivity index (χ2n) is 4.43. The molecule has 0 aliphatic rings. The lowest BCUT2D eigenvalue weighted by molar-refractivity contribution is 0.332. The molecule has 21 heavy (non-hydrogen) atoms. The highest BCUT2D eigenvalue weighted by Gasteiger charge is 2.03. The molecule has 0 saturated heterocycles. The number of anilines is 2. The van der Waals surface area contributed by atoms with Crippen molar-refractivity contribution in [1.82, 2.24) is 14.6 Å². The van der Waals surface area contributed by atoms with Crippen LogP contribution >= 0.6 is 0 Å². The van der Waals surface area contributed by atoms with E-state index in [1.807, 2.05) is 0 Å². The first kappa shape index (κ1) is 13.2. The fraction of sp³-hybridized carbons (Fsp3) is 0.143. The summed E-state index contributed by atoms with van der Waals surface area (Å²) in [6.07, 6.45) is 1.28. The summed E-state index contributed by atoms with van der Waals surface area (Å²) in [5.41, 5.74) is 6.87. The molecule has 3 rings (SSSR count). The molecule has 0 atom stereocenters. The number of fused-ring (bicyclic) bond motifs is 1. The van der Waals surface area contributed by atoms with Crippen LogP contribution in [0.3, 0.4) is 0 Å². The van der Waals surface area contributed by atoms with Gasteiger partial charge in [-0.3, -0.25) is 0 Å². The quantitative estimate of drug-likeness (QED) is 0.554. The van der Waals surface area contributed by atoms with Crippen LogP contribution in [0.25, 0.3) is 5.65 Å². The lowest BCUT2D eigenvalue weighted by Gasteiger charge is -2.06. The molecule has 2 heterocycles. The number of halogens is 1. The van der Waals surface area contributed by atoms with Gasteiger partial charge in [0.15, 0.2) is 5.65 Å². The Hall–Kier alpha value is -2.83. The van der Waals surface area contributed by atoms with Gasteiger partial charge in [-0.25, -0.2) is 8.91 Å². The van der Waals surface area contributed by atoms with Gasteiger partial charge in [0.1, 0.15) is 18.2 Å². The standard InChI is InChI=1S/C14H14FN5O/c15-10-1-6-13-18-14(19-20(13)9-10)17-7-8-21-12-4-2-11(16)3-5-12/h1-6,9H,7-8,16H2,(H,17,19). The summed E-state index contributed by atoms with van der Waals surface area (Å²) >= 11 is 0. The highest BCUT2D eigenvalue weighted by Crippen LogP contribution is 2.13. The number of pyridine rings is 1. The van der Waals surface area contributed by atoms with Crippen LogP contribution in [-0.4, -0.2) is 27.7 Å². The number of nitrogens with one attached hydrogen (secondary N) is 1. The van der Waals surface area contributed by atoms with Crippen LogP contribution in [0.4, 0.5) is 16.0 Å². The summed E-state index contributed by atoms with van der Waals surface area (Å²) in [7, 11) is 0. The van der Waals surface area contributed by atoms with Gasteiger partial charge in [-0.05, 0) is 36.4 Å². The second-order valence-corrected chi connectivity index (χ2v) is 4.43. The van der Waals surface area contributed by atoms with Gasteiger partial charge < -0.3 is 15.8 Å². The molecule has 0 unspecified atom stereocenters. The van der Waals surface area contributed by atoms with Gasteiger partial charge in [0.05, 0.1) is 12.7 Å². The normalized spacial score (nSPS) is 10.7. The van der Waals surface area contributed by atoms with Crippen molar-refractivity contribution in [3.63, 3.8) is 0 Å². The molecule has 6 nitrogen and oxygen atoms in total. The van der Waals surface area contributed by atoms with E-state index in [2.05, 4.69) is 15.4 Å². The van der Waals surface area contributed by atoms with E-state index in [0.717, 1.165) is 5.75 Å². The third-order valence-electron chi connectivity index (χ3n) is 2.83. The van der Waals surface area contributed by atoms with E-state index < -0.39 is 0 Å². The minimum Gasteiger partial charge on any atom is -0.492 e. The van der Waals surface area contributed by atoms with Crippen molar-refractivity contribution in [3.8, 4) is 5.75 Å². The first-order valence-corrected chi connectivity index (χ1v) is 6.45. The SMILES string of the molecule is Nc1ccc(OCCNc2nc3ccc(F)cn3n2)cc1. The Morgan fingerprint density at radius 1 is 1.19 bits per heavy atom. The molecule has 0 bridgehead atoms. The molecule has 0 spiro atoms. The summed E-state index contributed by atoms with van der Waals surface area (Å²) in [4.78, 5) is 4.21. The van der Waals surface area contributed by atoms with Crippen LogP contribution < -0.4 is 15.8 Å². The second kappa shape index (κ2) is 5.66. The average molecular weight is 287 g/mol. The largest absolute Gasteiger partial charge is 0.492 e. The predicted octanol–water partition coefficient (Wildman–Crippen LogP) is 1.94. The van der Waals surface area contributed by atoms with E-state index in [4.69, 9.17) is 10.5 Å². The van der Waals surface area contributed by atoms with Crippen LogP contribution in [0.1, 0.15) is 0 Å². The number of nitrogen functional groups attached to an aromatic ring is 1. The van der Waals surface area contributed by atoms with Crippen LogP contribution in [0.5, 0.6) is 5.75 Å². The smallest absolute Gasteiger partial charge is 0.243 e. The lowest BCUT2D eigenvalue weighted by atomic mass is 10.3. The lowest BCUT2D eigenvalue weighted by Crippen LogP contribution is -2.12. The molecule has 0 amide bonds. The van der Waals surface area contributed by atoms with Crippen LogP contribution in [0.15, 0.2) is 42.6 Å². The average Bonchev–Trinajstić information content (AvgIpc) is 2.87. The molecular formula is C14H14FN5O. The summed E-state index contributed by atoms with van der Waals surface area (Å²) in [6, 6.07) is 10.1. The van der Waals surface area contributed by atoms with E-state index in [0.29, 0.717) is 30.4 Å². The number of nitrogens with zero attached hydrogens (tertiary/aromatic N) is 3. The maximum Gasteiger partial charge on any atom is 0.243 e. The number of hydrogen-bond acceptors (Lipinski definition) is 5. The Kier molecular flexibility index (Phi) is 3.55. The van der Waals surface area contributed by atoms with Gasteiger partial charge in [-0.15, -0.1) is 5.10 Å². The van der Waals surface area contributed by atoms with E-state index in [9.17, 15) is 4.39 Å². The monoisotopic (exact) mass is 287 g/mol. The minimum atomic E-state index is -0.356. The number of rotatable bonds is 5. The molecule has 7 heteroatoms. The predicted molar refractivity (Wildman–Crippen MR) is 77.8 cm³/mol. The Labute approximate surface area is 120 Å². The van der Waals surface area contributed by atoms with Crippen molar-refractivity contribution >= 4 is 17.3 Å². The third-order valence-corrected chi connectivity index (χ3v) is 2.83. The van der Waals surface area contributed by atoms with Gasteiger partial charge in [0.25, 0.3) is 0 Å². The van der Waals surface area contributed by atoms with Gasteiger partial charge in [0.2, 0.25) is 5.95 Å². The number of aromatic nitrogens is 3. The molecule has 0 aliphatic carbocycles.